The van der Waals surface area contributed by atoms with Crippen LogP contribution in [0.25, 0.3) is 0 Å². The Morgan fingerprint density at radius 3 is 2.60 bits per heavy atom. The van der Waals surface area contributed by atoms with Gasteiger partial charge in [-0.2, -0.15) is 0 Å². The first kappa shape index (κ1) is 14.8. The normalized spacial score (nSPS) is 11.3. The van der Waals surface area contributed by atoms with Crippen molar-refractivity contribution in [3.05, 3.63) is 64.4 Å². The molecule has 0 aliphatic heterocycles. The van der Waals surface area contributed by atoms with Crippen LogP contribution in [0.3, 0.4) is 0 Å². The molecule has 0 aliphatic carbocycles. The summed E-state index contributed by atoms with van der Waals surface area (Å²) in [5.74, 6) is -0.756. The zero-order chi connectivity index (χ0) is 14.8. The largest absolute Gasteiger partial charge is 0.283 e. The molecule has 0 aliphatic rings. The molecule has 0 unspecified atom stereocenters. The van der Waals surface area contributed by atoms with Crippen molar-refractivity contribution in [3.8, 4) is 0 Å². The summed E-state index contributed by atoms with van der Waals surface area (Å²) >= 11 is 5.94. The van der Waals surface area contributed by atoms with Crippen LogP contribution < -0.4 is 4.72 Å². The van der Waals surface area contributed by atoms with Gasteiger partial charge in [-0.15, -0.1) is 0 Å². The third-order valence-corrected chi connectivity index (χ3v) is 4.36. The lowest BCUT2D eigenvalue weighted by atomic mass is 10.2. The zero-order valence-corrected chi connectivity index (χ0v) is 12.3. The van der Waals surface area contributed by atoms with E-state index in [2.05, 4.69) is 4.72 Å². The maximum Gasteiger partial charge on any atom is 0.236 e. The lowest BCUT2D eigenvalue weighted by Crippen LogP contribution is -2.16. The summed E-state index contributed by atoms with van der Waals surface area (Å²) < 4.78 is 39.7. The van der Waals surface area contributed by atoms with Crippen LogP contribution in [0.5, 0.6) is 0 Å². The first-order valence-electron chi connectivity index (χ1n) is 5.87. The topological polar surface area (TPSA) is 46.2 Å². The van der Waals surface area contributed by atoms with Gasteiger partial charge < -0.3 is 0 Å². The van der Waals surface area contributed by atoms with Crippen molar-refractivity contribution in [3.63, 3.8) is 0 Å². The second kappa shape index (κ2) is 5.81. The highest BCUT2D eigenvalue weighted by Crippen LogP contribution is 2.21. The summed E-state index contributed by atoms with van der Waals surface area (Å²) in [6.45, 7) is 1.70. The Balaban J connectivity index is 2.24. The van der Waals surface area contributed by atoms with Crippen molar-refractivity contribution in [1.29, 1.82) is 0 Å². The van der Waals surface area contributed by atoms with Crippen LogP contribution in [0.2, 0.25) is 5.02 Å². The second-order valence-electron chi connectivity index (χ2n) is 4.41. The van der Waals surface area contributed by atoms with Crippen LogP contribution >= 0.6 is 11.6 Å². The summed E-state index contributed by atoms with van der Waals surface area (Å²) in [4.78, 5) is 0. The summed E-state index contributed by atoms with van der Waals surface area (Å²) in [7, 11) is -3.65. The molecule has 0 saturated carbocycles. The molecule has 0 radical (unpaired) electrons. The maximum atomic E-state index is 13.2. The highest BCUT2D eigenvalue weighted by Gasteiger charge is 2.15. The number of halogens is 2. The standard InChI is InChI=1S/C14H13ClFNO2S/c1-10-6-7-12(16)8-14(10)17-20(18,19)9-11-4-2-3-5-13(11)15/h2-8,17H,9H2,1H3. The third-order valence-electron chi connectivity index (χ3n) is 2.77. The first-order valence-corrected chi connectivity index (χ1v) is 7.90. The van der Waals surface area contributed by atoms with Crippen molar-refractivity contribution in [2.45, 2.75) is 12.7 Å². The Bertz CT molecular complexity index is 732. The van der Waals surface area contributed by atoms with Gasteiger partial charge in [-0.1, -0.05) is 35.9 Å². The average molecular weight is 314 g/mol. The minimum Gasteiger partial charge on any atom is -0.283 e. The van der Waals surface area contributed by atoms with E-state index in [1.807, 2.05) is 0 Å². The van der Waals surface area contributed by atoms with Crippen molar-refractivity contribution in [2.75, 3.05) is 4.72 Å². The number of rotatable bonds is 4. The number of hydrogen-bond acceptors (Lipinski definition) is 2. The van der Waals surface area contributed by atoms with Gasteiger partial charge in [0.2, 0.25) is 10.0 Å². The Hall–Kier alpha value is -1.59. The minimum absolute atomic E-state index is 0.233. The molecule has 0 fully saturated rings. The van der Waals surface area contributed by atoms with E-state index < -0.39 is 15.8 Å². The Morgan fingerprint density at radius 2 is 1.90 bits per heavy atom. The lowest BCUT2D eigenvalue weighted by Gasteiger charge is -2.11. The molecule has 0 spiro atoms. The highest BCUT2D eigenvalue weighted by atomic mass is 35.5. The van der Waals surface area contributed by atoms with E-state index in [0.717, 1.165) is 6.07 Å². The van der Waals surface area contributed by atoms with E-state index >= 15 is 0 Å². The summed E-state index contributed by atoms with van der Waals surface area (Å²) in [5.41, 5.74) is 1.38. The van der Waals surface area contributed by atoms with Crippen LogP contribution in [-0.2, 0) is 15.8 Å². The zero-order valence-electron chi connectivity index (χ0n) is 10.7. The molecule has 20 heavy (non-hydrogen) atoms. The SMILES string of the molecule is Cc1ccc(F)cc1NS(=O)(=O)Cc1ccccc1Cl. The van der Waals surface area contributed by atoms with Gasteiger partial charge >= 0.3 is 0 Å². The van der Waals surface area contributed by atoms with Gasteiger partial charge in [0, 0.05) is 5.02 Å². The fraction of sp³-hybridized carbons (Fsp3) is 0.143. The minimum atomic E-state index is -3.65. The van der Waals surface area contributed by atoms with Gasteiger partial charge in [0.25, 0.3) is 0 Å². The molecule has 2 aromatic carbocycles. The van der Waals surface area contributed by atoms with E-state index in [1.54, 1.807) is 31.2 Å². The van der Waals surface area contributed by atoms with Gasteiger partial charge in [-0.3, -0.25) is 4.72 Å². The third kappa shape index (κ3) is 3.71. The summed E-state index contributed by atoms with van der Waals surface area (Å²) in [6.07, 6.45) is 0. The predicted octanol–water partition coefficient (Wildman–Crippen LogP) is 3.73. The molecule has 2 aromatic rings. The fourth-order valence-corrected chi connectivity index (χ4v) is 3.30. The molecule has 6 heteroatoms. The van der Waals surface area contributed by atoms with E-state index in [1.165, 1.54) is 12.1 Å². The molecule has 3 nitrogen and oxygen atoms in total. The number of aryl methyl sites for hydroxylation is 1. The monoisotopic (exact) mass is 313 g/mol. The summed E-state index contributed by atoms with van der Waals surface area (Å²) in [6, 6.07) is 10.6. The van der Waals surface area contributed by atoms with Crippen molar-refractivity contribution in [2.24, 2.45) is 0 Å². The van der Waals surface area contributed by atoms with Gasteiger partial charge in [0.15, 0.2) is 0 Å². The lowest BCUT2D eigenvalue weighted by molar-refractivity contribution is 0.600. The van der Waals surface area contributed by atoms with Gasteiger partial charge in [0.05, 0.1) is 11.4 Å². The van der Waals surface area contributed by atoms with Crippen LogP contribution in [-0.4, -0.2) is 8.42 Å². The molecule has 0 atom stereocenters. The highest BCUT2D eigenvalue weighted by molar-refractivity contribution is 7.91. The smallest absolute Gasteiger partial charge is 0.236 e. The number of benzene rings is 2. The molecule has 0 saturated heterocycles. The molecule has 0 bridgehead atoms. The molecule has 106 valence electrons. The molecular weight excluding hydrogens is 301 g/mol. The van der Waals surface area contributed by atoms with E-state index in [9.17, 15) is 12.8 Å². The Labute approximate surface area is 122 Å². The van der Waals surface area contributed by atoms with Crippen molar-refractivity contribution in [1.82, 2.24) is 0 Å². The van der Waals surface area contributed by atoms with Crippen LogP contribution in [0, 0.1) is 12.7 Å². The Kier molecular flexibility index (Phi) is 4.30. The van der Waals surface area contributed by atoms with Crippen molar-refractivity contribution < 1.29 is 12.8 Å². The van der Waals surface area contributed by atoms with Crippen LogP contribution in [0.15, 0.2) is 42.5 Å². The number of hydrogen-bond donors (Lipinski definition) is 1. The average Bonchev–Trinajstić information content (AvgIpc) is 2.36. The van der Waals surface area contributed by atoms with Crippen LogP contribution in [0.1, 0.15) is 11.1 Å². The molecular formula is C14H13ClFNO2S. The van der Waals surface area contributed by atoms with E-state index in [4.69, 9.17) is 11.6 Å². The van der Waals surface area contributed by atoms with Crippen LogP contribution in [0.4, 0.5) is 10.1 Å². The van der Waals surface area contributed by atoms with Gasteiger partial charge in [0.1, 0.15) is 5.82 Å². The molecule has 0 heterocycles. The van der Waals surface area contributed by atoms with Gasteiger partial charge in [-0.25, -0.2) is 12.8 Å². The molecule has 1 N–H and O–H groups in total. The summed E-state index contributed by atoms with van der Waals surface area (Å²) in [5, 5.41) is 0.383. The number of sulfonamides is 1. The number of anilines is 1. The first-order chi connectivity index (χ1) is 9.37. The van der Waals surface area contributed by atoms with Gasteiger partial charge in [-0.05, 0) is 36.2 Å². The number of nitrogens with one attached hydrogen (secondary N) is 1. The fourth-order valence-electron chi connectivity index (χ4n) is 1.73. The Morgan fingerprint density at radius 1 is 1.20 bits per heavy atom. The second-order valence-corrected chi connectivity index (χ2v) is 6.54. The molecule has 2 rings (SSSR count). The quantitative estimate of drug-likeness (QED) is 0.935. The molecule has 0 aromatic heterocycles. The molecule has 0 amide bonds. The van der Waals surface area contributed by atoms with Crippen molar-refractivity contribution >= 4 is 27.3 Å². The maximum absolute atomic E-state index is 13.2. The predicted molar refractivity (Wildman–Crippen MR) is 78.8 cm³/mol. The van der Waals surface area contributed by atoms with E-state index in [0.29, 0.717) is 16.1 Å². The van der Waals surface area contributed by atoms with E-state index in [-0.39, 0.29) is 11.4 Å².